The smallest absolute Gasteiger partial charge is 0.0972 e. The minimum Gasteiger partial charge on any atom is -0.353 e. The van der Waals surface area contributed by atoms with Crippen LogP contribution in [-0.4, -0.2) is 15.0 Å². The number of aromatic nitrogens is 3. The first-order chi connectivity index (χ1) is 13.9. The third-order valence-corrected chi connectivity index (χ3v) is 6.09. The van der Waals surface area contributed by atoms with Gasteiger partial charge in [-0.2, -0.15) is 0 Å². The van der Waals surface area contributed by atoms with Crippen LogP contribution in [0.25, 0.3) is 54.7 Å². The molecule has 0 amide bonds. The second kappa shape index (κ2) is 4.96. The second-order valence-corrected chi connectivity index (χ2v) is 7.57. The summed E-state index contributed by atoms with van der Waals surface area (Å²) in [6, 6.07) is 21.6. The van der Waals surface area contributed by atoms with Crippen molar-refractivity contribution in [2.24, 2.45) is 0 Å². The molecular weight excluding hydrogens is 342 g/mol. The van der Waals surface area contributed by atoms with E-state index >= 15 is 0 Å². The van der Waals surface area contributed by atoms with Crippen LogP contribution in [0.2, 0.25) is 0 Å². The Morgan fingerprint density at radius 2 is 1.43 bits per heavy atom. The minimum atomic E-state index is 0.960. The maximum Gasteiger partial charge on any atom is 0.0972 e. The molecule has 0 aliphatic heterocycles. The van der Waals surface area contributed by atoms with Crippen LogP contribution in [-0.2, 0) is 6.42 Å². The third kappa shape index (κ3) is 1.69. The van der Waals surface area contributed by atoms with Crippen molar-refractivity contribution in [3.05, 3.63) is 84.2 Å². The van der Waals surface area contributed by atoms with E-state index in [4.69, 9.17) is 9.97 Å². The maximum absolute atomic E-state index is 4.86. The van der Waals surface area contributed by atoms with Gasteiger partial charge in [0, 0.05) is 39.7 Å². The van der Waals surface area contributed by atoms with Crippen LogP contribution in [0.4, 0.5) is 0 Å². The molecule has 0 radical (unpaired) electrons. The van der Waals surface area contributed by atoms with E-state index in [1.54, 1.807) is 0 Å². The van der Waals surface area contributed by atoms with E-state index in [9.17, 15) is 0 Å². The molecule has 0 spiro atoms. The number of pyridine rings is 2. The van der Waals surface area contributed by atoms with Crippen LogP contribution in [0.15, 0.2) is 73.1 Å². The Morgan fingerprint density at radius 1 is 0.643 bits per heavy atom. The Hall–Kier alpha value is -3.72. The molecule has 0 atom stereocenters. The van der Waals surface area contributed by atoms with E-state index in [-0.39, 0.29) is 0 Å². The first kappa shape index (κ1) is 14.4. The van der Waals surface area contributed by atoms with Gasteiger partial charge >= 0.3 is 0 Å². The van der Waals surface area contributed by atoms with Crippen molar-refractivity contribution in [2.75, 3.05) is 0 Å². The van der Waals surface area contributed by atoms with E-state index in [0.717, 1.165) is 33.9 Å². The Labute approximate surface area is 160 Å². The lowest BCUT2D eigenvalue weighted by Gasteiger charge is -2.09. The summed E-state index contributed by atoms with van der Waals surface area (Å²) in [4.78, 5) is 13.2. The SMILES string of the molecule is c1ccc2c(c1)Cc1cnc3c(ccc4c3ncc3[nH]c5ccccc5c34)c1-2. The van der Waals surface area contributed by atoms with Crippen LogP contribution >= 0.6 is 0 Å². The van der Waals surface area contributed by atoms with Gasteiger partial charge < -0.3 is 4.98 Å². The summed E-state index contributed by atoms with van der Waals surface area (Å²) in [5.74, 6) is 0. The lowest BCUT2D eigenvalue weighted by molar-refractivity contribution is 1.22. The number of benzene rings is 3. The van der Waals surface area contributed by atoms with Gasteiger partial charge in [-0.1, -0.05) is 54.6 Å². The zero-order valence-electron chi connectivity index (χ0n) is 15.0. The molecule has 3 aromatic heterocycles. The summed E-state index contributed by atoms with van der Waals surface area (Å²) >= 11 is 0. The normalized spacial score (nSPS) is 12.9. The Bertz CT molecular complexity index is 1590. The highest BCUT2D eigenvalue weighted by atomic mass is 14.8. The number of hydrogen-bond donors (Lipinski definition) is 1. The molecule has 0 bridgehead atoms. The Kier molecular flexibility index (Phi) is 2.54. The third-order valence-electron chi connectivity index (χ3n) is 6.09. The number of H-pyrrole nitrogens is 1. The molecule has 1 N–H and O–H groups in total. The van der Waals surface area contributed by atoms with Gasteiger partial charge in [0.15, 0.2) is 0 Å². The van der Waals surface area contributed by atoms with Gasteiger partial charge in [0.2, 0.25) is 0 Å². The molecule has 6 aromatic rings. The number of nitrogens with zero attached hydrogens (tertiary/aromatic N) is 2. The molecule has 3 heteroatoms. The molecule has 0 saturated heterocycles. The van der Waals surface area contributed by atoms with Crippen LogP contribution in [0, 0.1) is 0 Å². The van der Waals surface area contributed by atoms with Gasteiger partial charge in [0.05, 0.1) is 22.7 Å². The first-order valence-electron chi connectivity index (χ1n) is 9.56. The molecule has 130 valence electrons. The number of aromatic amines is 1. The first-order valence-corrected chi connectivity index (χ1v) is 9.56. The molecule has 7 rings (SSSR count). The zero-order chi connectivity index (χ0) is 18.2. The average molecular weight is 357 g/mol. The highest BCUT2D eigenvalue weighted by molar-refractivity contribution is 6.23. The van der Waals surface area contributed by atoms with E-state index in [1.165, 1.54) is 38.4 Å². The van der Waals surface area contributed by atoms with Crippen molar-refractivity contribution in [1.29, 1.82) is 0 Å². The van der Waals surface area contributed by atoms with Crippen molar-refractivity contribution in [2.45, 2.75) is 6.42 Å². The summed E-state index contributed by atoms with van der Waals surface area (Å²) in [6.45, 7) is 0. The summed E-state index contributed by atoms with van der Waals surface area (Å²) in [5, 5.41) is 4.81. The standard InChI is InChI=1S/C25H15N3/c1-2-6-16-14(5-1)11-15-12-26-24-18(22(15)16)9-10-19-23-17-7-3-4-8-20(17)28-21(23)13-27-25(19)24/h1-10,12-13,28H,11H2. The highest BCUT2D eigenvalue weighted by Gasteiger charge is 2.22. The van der Waals surface area contributed by atoms with Crippen molar-refractivity contribution >= 4 is 43.6 Å². The quantitative estimate of drug-likeness (QED) is 0.339. The van der Waals surface area contributed by atoms with E-state index in [0.29, 0.717) is 0 Å². The maximum atomic E-state index is 4.86. The van der Waals surface area contributed by atoms with Gasteiger partial charge in [0.1, 0.15) is 0 Å². The van der Waals surface area contributed by atoms with Crippen molar-refractivity contribution < 1.29 is 0 Å². The van der Waals surface area contributed by atoms with Gasteiger partial charge in [-0.05, 0) is 28.3 Å². The number of para-hydroxylation sites is 1. The molecule has 1 aliphatic rings. The van der Waals surface area contributed by atoms with Crippen LogP contribution in [0.5, 0.6) is 0 Å². The second-order valence-electron chi connectivity index (χ2n) is 7.57. The number of nitrogens with one attached hydrogen (secondary N) is 1. The highest BCUT2D eigenvalue weighted by Crippen LogP contribution is 2.42. The lowest BCUT2D eigenvalue weighted by atomic mass is 9.98. The van der Waals surface area contributed by atoms with Crippen LogP contribution < -0.4 is 0 Å². The van der Waals surface area contributed by atoms with Crippen LogP contribution in [0.3, 0.4) is 0 Å². The summed E-state index contributed by atoms with van der Waals surface area (Å²) < 4.78 is 0. The molecule has 3 heterocycles. The van der Waals surface area contributed by atoms with Gasteiger partial charge in [-0.3, -0.25) is 9.97 Å². The number of hydrogen-bond acceptors (Lipinski definition) is 2. The van der Waals surface area contributed by atoms with Gasteiger partial charge in [-0.15, -0.1) is 0 Å². The van der Waals surface area contributed by atoms with Gasteiger partial charge in [-0.25, -0.2) is 0 Å². The molecule has 1 aliphatic carbocycles. The monoisotopic (exact) mass is 357 g/mol. The number of rotatable bonds is 0. The largest absolute Gasteiger partial charge is 0.353 e. The predicted octanol–water partition coefficient (Wildman–Crippen LogP) is 5.99. The van der Waals surface area contributed by atoms with E-state index in [1.807, 2.05) is 12.4 Å². The Balaban J connectivity index is 1.66. The van der Waals surface area contributed by atoms with Gasteiger partial charge in [0.25, 0.3) is 0 Å². The molecule has 0 fully saturated rings. The summed E-state index contributed by atoms with van der Waals surface area (Å²) in [5.41, 5.74) is 9.51. The van der Waals surface area contributed by atoms with Crippen molar-refractivity contribution in [3.8, 4) is 11.1 Å². The zero-order valence-corrected chi connectivity index (χ0v) is 15.0. The predicted molar refractivity (Wildman–Crippen MR) is 115 cm³/mol. The fourth-order valence-corrected chi connectivity index (χ4v) is 4.88. The molecule has 3 aromatic carbocycles. The summed E-state index contributed by atoms with van der Waals surface area (Å²) in [6.07, 6.45) is 4.94. The fraction of sp³-hybridized carbons (Fsp3) is 0.0400. The summed E-state index contributed by atoms with van der Waals surface area (Å²) in [7, 11) is 0. The fourth-order valence-electron chi connectivity index (χ4n) is 4.88. The molecular formula is C25H15N3. The lowest BCUT2D eigenvalue weighted by Crippen LogP contribution is -1.90. The van der Waals surface area contributed by atoms with Crippen LogP contribution in [0.1, 0.15) is 11.1 Å². The topological polar surface area (TPSA) is 41.6 Å². The molecule has 0 unspecified atom stereocenters. The Morgan fingerprint density at radius 3 is 2.43 bits per heavy atom. The molecule has 0 saturated carbocycles. The van der Waals surface area contributed by atoms with Crippen molar-refractivity contribution in [1.82, 2.24) is 15.0 Å². The molecule has 3 nitrogen and oxygen atoms in total. The van der Waals surface area contributed by atoms with E-state index in [2.05, 4.69) is 65.6 Å². The molecule has 28 heavy (non-hydrogen) atoms. The number of fused-ring (bicyclic) bond motifs is 11. The van der Waals surface area contributed by atoms with Crippen molar-refractivity contribution in [3.63, 3.8) is 0 Å². The minimum absolute atomic E-state index is 0.960. The average Bonchev–Trinajstić information content (AvgIpc) is 3.31. The van der Waals surface area contributed by atoms with E-state index < -0.39 is 0 Å².